The fourth-order valence-corrected chi connectivity index (χ4v) is 3.49. The molecule has 1 N–H and O–H groups in total. The van der Waals surface area contributed by atoms with E-state index in [1.165, 1.54) is 0 Å². The minimum absolute atomic E-state index is 0.884. The largest absolute Gasteiger partial charge is 0.378 e. The van der Waals surface area contributed by atoms with Gasteiger partial charge in [-0.1, -0.05) is 18.2 Å². The maximum atomic E-state index is 4.52. The van der Waals surface area contributed by atoms with Gasteiger partial charge in [-0.15, -0.1) is 0 Å². The minimum Gasteiger partial charge on any atom is -0.378 e. The summed E-state index contributed by atoms with van der Waals surface area (Å²) < 4.78 is 2.07. The van der Waals surface area contributed by atoms with E-state index in [9.17, 15) is 0 Å². The molecule has 0 radical (unpaired) electrons. The van der Waals surface area contributed by atoms with Gasteiger partial charge >= 0.3 is 0 Å². The maximum absolute atomic E-state index is 4.52. The van der Waals surface area contributed by atoms with Crippen LogP contribution < -0.4 is 4.90 Å². The van der Waals surface area contributed by atoms with E-state index >= 15 is 0 Å². The third-order valence-corrected chi connectivity index (χ3v) is 5.06. The standard InChI is InChI=1S/C23H20N6/c1-28(2)18-9-6-16(7-10-18)23-19(13-26-27-23)17-8-11-22-25-14-21(29(22)15-17)20-5-3-4-12-24-20/h3-15H,1-2H3,(H,26,27). The summed E-state index contributed by atoms with van der Waals surface area (Å²) in [5, 5.41) is 7.46. The Kier molecular flexibility index (Phi) is 4.09. The van der Waals surface area contributed by atoms with Crippen molar-refractivity contribution >= 4 is 11.3 Å². The minimum atomic E-state index is 0.884. The summed E-state index contributed by atoms with van der Waals surface area (Å²) in [6.45, 7) is 0. The second kappa shape index (κ2) is 6.91. The van der Waals surface area contributed by atoms with E-state index in [-0.39, 0.29) is 0 Å². The van der Waals surface area contributed by atoms with Crippen molar-refractivity contribution in [1.82, 2.24) is 24.6 Å². The van der Waals surface area contributed by atoms with E-state index in [2.05, 4.69) is 66.0 Å². The van der Waals surface area contributed by atoms with Crippen LogP contribution in [0.4, 0.5) is 5.69 Å². The van der Waals surface area contributed by atoms with Crippen LogP contribution in [0.15, 0.2) is 79.4 Å². The van der Waals surface area contributed by atoms with Crippen LogP contribution in [0.2, 0.25) is 0 Å². The molecule has 6 nitrogen and oxygen atoms in total. The number of benzene rings is 1. The Morgan fingerprint density at radius 2 is 1.69 bits per heavy atom. The molecule has 0 fully saturated rings. The van der Waals surface area contributed by atoms with Crippen LogP contribution >= 0.6 is 0 Å². The van der Waals surface area contributed by atoms with Crippen molar-refractivity contribution in [3.05, 3.63) is 79.4 Å². The van der Waals surface area contributed by atoms with E-state index in [1.54, 1.807) is 6.20 Å². The van der Waals surface area contributed by atoms with E-state index in [4.69, 9.17) is 0 Å². The van der Waals surface area contributed by atoms with Gasteiger partial charge in [0.1, 0.15) is 5.65 Å². The third kappa shape index (κ3) is 3.04. The van der Waals surface area contributed by atoms with Gasteiger partial charge in [-0.25, -0.2) is 4.98 Å². The highest BCUT2D eigenvalue weighted by Crippen LogP contribution is 2.32. The number of anilines is 1. The van der Waals surface area contributed by atoms with Gasteiger partial charge in [-0.3, -0.25) is 14.5 Å². The van der Waals surface area contributed by atoms with Gasteiger partial charge in [0.05, 0.1) is 29.5 Å². The zero-order valence-electron chi connectivity index (χ0n) is 16.2. The molecule has 5 rings (SSSR count). The molecule has 0 spiro atoms. The smallest absolute Gasteiger partial charge is 0.137 e. The van der Waals surface area contributed by atoms with Gasteiger partial charge in [0.25, 0.3) is 0 Å². The summed E-state index contributed by atoms with van der Waals surface area (Å²) in [4.78, 5) is 11.1. The molecule has 0 saturated heterocycles. The van der Waals surface area contributed by atoms with Crippen LogP contribution in [0.3, 0.4) is 0 Å². The monoisotopic (exact) mass is 380 g/mol. The second-order valence-corrected chi connectivity index (χ2v) is 7.10. The van der Waals surface area contributed by atoms with E-state index in [0.29, 0.717) is 0 Å². The fourth-order valence-electron chi connectivity index (χ4n) is 3.49. The molecule has 4 heterocycles. The first-order valence-electron chi connectivity index (χ1n) is 9.41. The van der Waals surface area contributed by atoms with Gasteiger partial charge in [0.2, 0.25) is 0 Å². The number of imidazole rings is 1. The zero-order valence-corrected chi connectivity index (χ0v) is 16.2. The number of nitrogens with zero attached hydrogens (tertiary/aromatic N) is 5. The molecule has 1 aromatic carbocycles. The number of hydrogen-bond acceptors (Lipinski definition) is 4. The lowest BCUT2D eigenvalue weighted by atomic mass is 10.0. The lowest BCUT2D eigenvalue weighted by molar-refractivity contribution is 1.09. The van der Waals surface area contributed by atoms with Crippen molar-refractivity contribution in [3.63, 3.8) is 0 Å². The summed E-state index contributed by atoms with van der Waals surface area (Å²) >= 11 is 0. The molecule has 4 aromatic heterocycles. The molecule has 29 heavy (non-hydrogen) atoms. The van der Waals surface area contributed by atoms with E-state index in [0.717, 1.165) is 45.1 Å². The van der Waals surface area contributed by atoms with Crippen LogP contribution in [0.5, 0.6) is 0 Å². The number of rotatable bonds is 4. The van der Waals surface area contributed by atoms with E-state index < -0.39 is 0 Å². The highest BCUT2D eigenvalue weighted by molar-refractivity contribution is 5.81. The number of aromatic nitrogens is 5. The summed E-state index contributed by atoms with van der Waals surface area (Å²) in [6, 6.07) is 18.4. The number of hydrogen-bond donors (Lipinski definition) is 1. The third-order valence-electron chi connectivity index (χ3n) is 5.06. The first-order valence-corrected chi connectivity index (χ1v) is 9.41. The Labute approximate surface area is 168 Å². The van der Waals surface area contributed by atoms with Crippen LogP contribution in [0.1, 0.15) is 0 Å². The normalized spacial score (nSPS) is 11.1. The molecule has 0 unspecified atom stereocenters. The highest BCUT2D eigenvalue weighted by atomic mass is 15.1. The van der Waals surface area contributed by atoms with Crippen LogP contribution in [-0.2, 0) is 0 Å². The lowest BCUT2D eigenvalue weighted by Crippen LogP contribution is -2.07. The van der Waals surface area contributed by atoms with Crippen LogP contribution in [0, 0.1) is 0 Å². The van der Waals surface area contributed by atoms with Gasteiger partial charge in [0.15, 0.2) is 0 Å². The Hall–Kier alpha value is -3.93. The number of aromatic amines is 1. The SMILES string of the molecule is CN(C)c1ccc(-c2[nH]ncc2-c2ccc3ncc(-c4ccccn4)n3c2)cc1. The summed E-state index contributed by atoms with van der Waals surface area (Å²) in [5.74, 6) is 0. The maximum Gasteiger partial charge on any atom is 0.137 e. The van der Waals surface area contributed by atoms with Crippen LogP contribution in [-0.4, -0.2) is 38.7 Å². The molecule has 0 aliphatic rings. The fraction of sp³-hybridized carbons (Fsp3) is 0.0870. The Morgan fingerprint density at radius 3 is 2.45 bits per heavy atom. The zero-order chi connectivity index (χ0) is 19.8. The average Bonchev–Trinajstić information content (AvgIpc) is 3.41. The van der Waals surface area contributed by atoms with Crippen LogP contribution in [0.25, 0.3) is 39.4 Å². The van der Waals surface area contributed by atoms with Gasteiger partial charge in [-0.05, 0) is 36.4 Å². The summed E-state index contributed by atoms with van der Waals surface area (Å²) in [7, 11) is 4.08. The van der Waals surface area contributed by atoms with Gasteiger partial charge < -0.3 is 4.90 Å². The lowest BCUT2D eigenvalue weighted by Gasteiger charge is -2.13. The topological polar surface area (TPSA) is 62.1 Å². The van der Waals surface area contributed by atoms with Crippen molar-refractivity contribution in [2.75, 3.05) is 19.0 Å². The number of H-pyrrole nitrogens is 1. The molecule has 0 aliphatic heterocycles. The van der Waals surface area contributed by atoms with Crippen molar-refractivity contribution in [2.45, 2.75) is 0 Å². The average molecular weight is 380 g/mol. The number of nitrogens with one attached hydrogen (secondary N) is 1. The molecule has 6 heteroatoms. The second-order valence-electron chi connectivity index (χ2n) is 7.10. The van der Waals surface area contributed by atoms with Gasteiger partial charge in [0, 0.05) is 48.9 Å². The number of fused-ring (bicyclic) bond motifs is 1. The predicted octanol–water partition coefficient (Wildman–Crippen LogP) is 4.52. The number of pyridine rings is 2. The predicted molar refractivity (Wildman–Crippen MR) is 116 cm³/mol. The Bertz CT molecular complexity index is 1270. The molecular weight excluding hydrogens is 360 g/mol. The quantitative estimate of drug-likeness (QED) is 0.498. The molecular formula is C23H20N6. The molecule has 0 bridgehead atoms. The molecule has 0 aliphatic carbocycles. The molecule has 5 aromatic rings. The summed E-state index contributed by atoms with van der Waals surface area (Å²) in [5.41, 5.74) is 8.10. The van der Waals surface area contributed by atoms with E-state index in [1.807, 2.05) is 50.8 Å². The Morgan fingerprint density at radius 1 is 0.862 bits per heavy atom. The first-order chi connectivity index (χ1) is 14.2. The van der Waals surface area contributed by atoms with Crippen molar-refractivity contribution in [3.8, 4) is 33.8 Å². The summed E-state index contributed by atoms with van der Waals surface area (Å²) in [6.07, 6.45) is 7.62. The molecule has 0 atom stereocenters. The first kappa shape index (κ1) is 17.2. The molecule has 142 valence electrons. The van der Waals surface area contributed by atoms with Crippen molar-refractivity contribution < 1.29 is 0 Å². The highest BCUT2D eigenvalue weighted by Gasteiger charge is 2.13. The van der Waals surface area contributed by atoms with Gasteiger partial charge in [-0.2, -0.15) is 5.10 Å². The van der Waals surface area contributed by atoms with Crippen molar-refractivity contribution in [1.29, 1.82) is 0 Å². The molecule has 0 saturated carbocycles. The molecule has 0 amide bonds. The van der Waals surface area contributed by atoms with Crippen molar-refractivity contribution in [2.24, 2.45) is 0 Å². The Balaban J connectivity index is 1.60.